The first-order valence-corrected chi connectivity index (χ1v) is 4.69. The zero-order chi connectivity index (χ0) is 11.3. The number of ether oxygens (including phenoxy) is 3. The fourth-order valence-electron chi connectivity index (χ4n) is 1.39. The van der Waals surface area contributed by atoms with E-state index in [1.165, 1.54) is 0 Å². The van der Waals surface area contributed by atoms with Gasteiger partial charge in [0.25, 0.3) is 0 Å². The Kier molecular flexibility index (Phi) is 4.39. The summed E-state index contributed by atoms with van der Waals surface area (Å²) in [4.78, 5) is 0. The van der Waals surface area contributed by atoms with Crippen molar-refractivity contribution in [2.24, 2.45) is 5.73 Å². The maximum atomic E-state index is 5.93. The van der Waals surface area contributed by atoms with Gasteiger partial charge in [-0.2, -0.15) is 0 Å². The Balaban J connectivity index is 2.96. The molecule has 0 unspecified atom stereocenters. The molecule has 1 rings (SSSR count). The summed E-state index contributed by atoms with van der Waals surface area (Å²) in [5, 5.41) is 0. The predicted molar refractivity (Wildman–Crippen MR) is 58.4 cm³/mol. The summed E-state index contributed by atoms with van der Waals surface area (Å²) in [6.45, 7) is 0.461. The third-order valence-electron chi connectivity index (χ3n) is 2.19. The lowest BCUT2D eigenvalue weighted by Crippen LogP contribution is -2.16. The number of hydrogen-bond acceptors (Lipinski definition) is 4. The Labute approximate surface area is 89.9 Å². The molecular weight excluding hydrogens is 194 g/mol. The van der Waals surface area contributed by atoms with E-state index >= 15 is 0 Å². The van der Waals surface area contributed by atoms with E-state index < -0.39 is 0 Å². The Morgan fingerprint density at radius 2 is 1.93 bits per heavy atom. The second-order valence-electron chi connectivity index (χ2n) is 3.17. The van der Waals surface area contributed by atoms with E-state index in [4.69, 9.17) is 19.9 Å². The van der Waals surface area contributed by atoms with Gasteiger partial charge in [-0.25, -0.2) is 0 Å². The van der Waals surface area contributed by atoms with Crippen molar-refractivity contribution < 1.29 is 14.2 Å². The van der Waals surface area contributed by atoms with E-state index in [0.717, 1.165) is 17.1 Å². The minimum absolute atomic E-state index is 0.184. The molecule has 0 heterocycles. The van der Waals surface area contributed by atoms with E-state index in [0.29, 0.717) is 6.61 Å². The summed E-state index contributed by atoms with van der Waals surface area (Å²) in [7, 11) is 4.84. The van der Waals surface area contributed by atoms with Crippen molar-refractivity contribution >= 4 is 0 Å². The first-order valence-electron chi connectivity index (χ1n) is 4.69. The molecule has 84 valence electrons. The van der Waals surface area contributed by atoms with Crippen molar-refractivity contribution in [3.05, 3.63) is 23.8 Å². The molecule has 15 heavy (non-hydrogen) atoms. The van der Waals surface area contributed by atoms with Crippen molar-refractivity contribution in [1.82, 2.24) is 0 Å². The Bertz CT molecular complexity index is 315. The van der Waals surface area contributed by atoms with Crippen LogP contribution in [-0.4, -0.2) is 27.9 Å². The minimum atomic E-state index is -0.184. The molecule has 0 amide bonds. The molecule has 0 aromatic heterocycles. The van der Waals surface area contributed by atoms with Crippen LogP contribution in [0.1, 0.15) is 11.6 Å². The summed E-state index contributed by atoms with van der Waals surface area (Å²) in [5.74, 6) is 1.47. The lowest BCUT2D eigenvalue weighted by molar-refractivity contribution is 0.179. The normalized spacial score (nSPS) is 12.3. The van der Waals surface area contributed by atoms with Crippen LogP contribution >= 0.6 is 0 Å². The summed E-state index contributed by atoms with van der Waals surface area (Å²) < 4.78 is 15.3. The first-order chi connectivity index (χ1) is 7.22. The highest BCUT2D eigenvalue weighted by atomic mass is 16.5. The molecule has 1 atom stereocenters. The fraction of sp³-hybridized carbons (Fsp3) is 0.455. The lowest BCUT2D eigenvalue weighted by atomic mass is 10.1. The Morgan fingerprint density at radius 3 is 2.47 bits per heavy atom. The summed E-state index contributed by atoms with van der Waals surface area (Å²) in [5.41, 5.74) is 6.84. The van der Waals surface area contributed by atoms with Crippen LogP contribution in [-0.2, 0) is 4.74 Å². The number of benzene rings is 1. The van der Waals surface area contributed by atoms with Gasteiger partial charge in [-0.1, -0.05) is 0 Å². The molecule has 0 aliphatic rings. The van der Waals surface area contributed by atoms with Crippen molar-refractivity contribution in [3.63, 3.8) is 0 Å². The SMILES string of the molecule is COC[C@H](N)c1ccc(OC)cc1OC. The number of rotatable bonds is 5. The molecule has 1 aromatic rings. The van der Waals surface area contributed by atoms with E-state index in [-0.39, 0.29) is 6.04 Å². The second-order valence-corrected chi connectivity index (χ2v) is 3.17. The topological polar surface area (TPSA) is 53.7 Å². The third-order valence-corrected chi connectivity index (χ3v) is 2.19. The molecule has 0 saturated carbocycles. The molecule has 0 bridgehead atoms. The van der Waals surface area contributed by atoms with Gasteiger partial charge in [0.15, 0.2) is 0 Å². The molecule has 0 saturated heterocycles. The van der Waals surface area contributed by atoms with Gasteiger partial charge in [-0.3, -0.25) is 0 Å². The van der Waals surface area contributed by atoms with E-state index in [1.807, 2.05) is 18.2 Å². The molecule has 0 aliphatic carbocycles. The smallest absolute Gasteiger partial charge is 0.127 e. The molecule has 2 N–H and O–H groups in total. The summed E-state index contributed by atoms with van der Waals surface area (Å²) >= 11 is 0. The molecule has 4 heteroatoms. The maximum Gasteiger partial charge on any atom is 0.127 e. The zero-order valence-corrected chi connectivity index (χ0v) is 9.32. The summed E-state index contributed by atoms with van der Waals surface area (Å²) in [6, 6.07) is 5.37. The van der Waals surface area contributed by atoms with Crippen molar-refractivity contribution in [1.29, 1.82) is 0 Å². The fourth-order valence-corrected chi connectivity index (χ4v) is 1.39. The summed E-state index contributed by atoms with van der Waals surface area (Å²) in [6.07, 6.45) is 0. The Morgan fingerprint density at radius 1 is 1.20 bits per heavy atom. The van der Waals surface area contributed by atoms with Crippen LogP contribution in [0.25, 0.3) is 0 Å². The van der Waals surface area contributed by atoms with Gasteiger partial charge >= 0.3 is 0 Å². The van der Waals surface area contributed by atoms with E-state index in [1.54, 1.807) is 21.3 Å². The quantitative estimate of drug-likeness (QED) is 0.798. The average Bonchev–Trinajstić information content (AvgIpc) is 2.28. The van der Waals surface area contributed by atoms with Crippen molar-refractivity contribution in [3.8, 4) is 11.5 Å². The van der Waals surface area contributed by atoms with Crippen molar-refractivity contribution in [2.45, 2.75) is 6.04 Å². The molecule has 1 aromatic carbocycles. The van der Waals surface area contributed by atoms with E-state index in [2.05, 4.69) is 0 Å². The zero-order valence-electron chi connectivity index (χ0n) is 9.32. The highest BCUT2D eigenvalue weighted by Gasteiger charge is 2.12. The predicted octanol–water partition coefficient (Wildman–Crippen LogP) is 1.35. The number of methoxy groups -OCH3 is 3. The van der Waals surface area contributed by atoms with Gasteiger partial charge in [-0.15, -0.1) is 0 Å². The van der Waals surface area contributed by atoms with Gasteiger partial charge < -0.3 is 19.9 Å². The van der Waals surface area contributed by atoms with E-state index in [9.17, 15) is 0 Å². The highest BCUT2D eigenvalue weighted by Crippen LogP contribution is 2.28. The van der Waals surface area contributed by atoms with Crippen LogP contribution in [0.4, 0.5) is 0 Å². The number of nitrogens with two attached hydrogens (primary N) is 1. The molecule has 0 radical (unpaired) electrons. The monoisotopic (exact) mass is 211 g/mol. The molecule has 0 aliphatic heterocycles. The third kappa shape index (κ3) is 2.84. The van der Waals surface area contributed by atoms with Crippen molar-refractivity contribution in [2.75, 3.05) is 27.9 Å². The average molecular weight is 211 g/mol. The van der Waals surface area contributed by atoms with Gasteiger partial charge in [0.1, 0.15) is 11.5 Å². The minimum Gasteiger partial charge on any atom is -0.497 e. The number of hydrogen-bond donors (Lipinski definition) is 1. The first kappa shape index (κ1) is 11.8. The van der Waals surface area contributed by atoms with Gasteiger partial charge in [0, 0.05) is 18.7 Å². The van der Waals surface area contributed by atoms with Crippen LogP contribution in [0.2, 0.25) is 0 Å². The highest BCUT2D eigenvalue weighted by molar-refractivity contribution is 5.42. The van der Waals surface area contributed by atoms with Gasteiger partial charge in [0.05, 0.1) is 26.9 Å². The second kappa shape index (κ2) is 5.58. The van der Waals surface area contributed by atoms with Crippen LogP contribution in [0, 0.1) is 0 Å². The van der Waals surface area contributed by atoms with Gasteiger partial charge in [-0.05, 0) is 12.1 Å². The van der Waals surface area contributed by atoms with Gasteiger partial charge in [0.2, 0.25) is 0 Å². The van der Waals surface area contributed by atoms with Crippen LogP contribution in [0.5, 0.6) is 11.5 Å². The largest absolute Gasteiger partial charge is 0.497 e. The van der Waals surface area contributed by atoms with Crippen LogP contribution < -0.4 is 15.2 Å². The molecule has 0 spiro atoms. The van der Waals surface area contributed by atoms with Crippen LogP contribution in [0.15, 0.2) is 18.2 Å². The lowest BCUT2D eigenvalue weighted by Gasteiger charge is -2.15. The molecule has 4 nitrogen and oxygen atoms in total. The Hall–Kier alpha value is -1.26. The molecule has 0 fully saturated rings. The maximum absolute atomic E-state index is 5.93. The molecular formula is C11H17NO3. The standard InChI is InChI=1S/C11H17NO3/c1-13-7-10(12)9-5-4-8(14-2)6-11(9)15-3/h4-6,10H,7,12H2,1-3H3/t10-/m0/s1. The van der Waals surface area contributed by atoms with Crippen LogP contribution in [0.3, 0.4) is 0 Å².